The maximum Gasteiger partial charge on any atom is 0.350 e. The first kappa shape index (κ1) is 15.1. The number of hydrogen-bond donors (Lipinski definition) is 0. The van der Waals surface area contributed by atoms with E-state index in [1.54, 1.807) is 0 Å². The molecule has 0 aliphatic heterocycles. The van der Waals surface area contributed by atoms with Crippen molar-refractivity contribution in [1.82, 2.24) is 0 Å². The van der Waals surface area contributed by atoms with Gasteiger partial charge in [-0.25, -0.2) is 0 Å². The molecule has 2 heteroatoms. The summed E-state index contributed by atoms with van der Waals surface area (Å²) in [6.07, 6.45) is 0. The van der Waals surface area contributed by atoms with Crippen molar-refractivity contribution in [2.45, 2.75) is 13.5 Å². The van der Waals surface area contributed by atoms with Gasteiger partial charge >= 0.3 is 8.32 Å². The van der Waals surface area contributed by atoms with Crippen LogP contribution in [-0.4, -0.2) is 14.9 Å². The van der Waals surface area contributed by atoms with Crippen LogP contribution in [-0.2, 0) is 4.43 Å². The fourth-order valence-corrected chi connectivity index (χ4v) is 3.37. The Kier molecular flexibility index (Phi) is 5.40. The molecule has 2 rings (SSSR count). The van der Waals surface area contributed by atoms with Crippen LogP contribution in [0.4, 0.5) is 0 Å². The monoisotopic (exact) mass is 290 g/mol. The van der Waals surface area contributed by atoms with E-state index in [4.69, 9.17) is 4.43 Å². The molecule has 0 radical (unpaired) electrons. The maximum atomic E-state index is 5.86. The highest BCUT2D eigenvalue weighted by Crippen LogP contribution is 2.05. The lowest BCUT2D eigenvalue weighted by molar-refractivity contribution is 0.345. The summed E-state index contributed by atoms with van der Waals surface area (Å²) in [4.78, 5) is 0. The lowest BCUT2D eigenvalue weighted by atomic mass is 10.2. The minimum absolute atomic E-state index is 0.635. The molecule has 21 heavy (non-hydrogen) atoms. The number of hydrogen-bond acceptors (Lipinski definition) is 1. The summed E-state index contributed by atoms with van der Waals surface area (Å²) in [6.45, 7) is 4.66. The zero-order valence-electron chi connectivity index (χ0n) is 12.4. The third-order valence-corrected chi connectivity index (χ3v) is 4.94. The predicted molar refractivity (Wildman–Crippen MR) is 89.9 cm³/mol. The highest BCUT2D eigenvalue weighted by molar-refractivity contribution is 6.88. The summed E-state index contributed by atoms with van der Waals surface area (Å²) >= 11 is 0. The molecule has 0 bridgehead atoms. The van der Waals surface area contributed by atoms with Crippen LogP contribution in [0.25, 0.3) is 0 Å². The molecule has 2 aromatic carbocycles. The van der Waals surface area contributed by atoms with Crippen molar-refractivity contribution in [3.05, 3.63) is 71.8 Å². The normalized spacial score (nSPS) is 10.0. The second kappa shape index (κ2) is 7.50. The average Bonchev–Trinajstić information content (AvgIpc) is 2.54. The molecule has 0 aliphatic carbocycles. The van der Waals surface area contributed by atoms with Crippen molar-refractivity contribution in [2.75, 3.05) is 6.61 Å². The third kappa shape index (κ3) is 4.97. The van der Waals surface area contributed by atoms with Gasteiger partial charge in [0.15, 0.2) is 0 Å². The zero-order chi connectivity index (χ0) is 15.0. The molecule has 0 atom stereocenters. The Morgan fingerprint density at radius 3 is 1.62 bits per heavy atom. The highest BCUT2D eigenvalue weighted by atomic mass is 28.4. The molecule has 0 spiro atoms. The smallest absolute Gasteiger partial charge is 0.350 e. The Morgan fingerprint density at radius 2 is 1.24 bits per heavy atom. The largest absolute Gasteiger partial charge is 0.397 e. The van der Waals surface area contributed by atoms with E-state index in [9.17, 15) is 0 Å². The summed E-state index contributed by atoms with van der Waals surface area (Å²) in [5, 5.41) is 0. The fourth-order valence-electron chi connectivity index (χ4n) is 1.82. The van der Waals surface area contributed by atoms with Crippen LogP contribution in [0.3, 0.4) is 0 Å². The van der Waals surface area contributed by atoms with E-state index in [1.165, 1.54) is 0 Å². The van der Waals surface area contributed by atoms with Crippen molar-refractivity contribution in [3.63, 3.8) is 0 Å². The summed E-state index contributed by atoms with van der Waals surface area (Å²) in [5.41, 5.74) is 8.55. The van der Waals surface area contributed by atoms with Crippen molar-refractivity contribution < 1.29 is 4.43 Å². The molecule has 0 amide bonds. The summed E-state index contributed by atoms with van der Waals surface area (Å²) in [6, 6.07) is 19.9. The van der Waals surface area contributed by atoms with E-state index >= 15 is 0 Å². The Bertz CT molecular complexity index is 627. The summed E-state index contributed by atoms with van der Waals surface area (Å²) < 4.78 is 5.86. The minimum Gasteiger partial charge on any atom is -0.397 e. The van der Waals surface area contributed by atoms with Crippen LogP contribution in [0.1, 0.15) is 18.1 Å². The van der Waals surface area contributed by atoms with Crippen molar-refractivity contribution in [1.29, 1.82) is 0 Å². The van der Waals surface area contributed by atoms with E-state index in [0.29, 0.717) is 6.61 Å². The van der Waals surface area contributed by atoms with Gasteiger partial charge in [-0.05, 0) is 37.7 Å². The van der Waals surface area contributed by atoms with Crippen LogP contribution in [0.5, 0.6) is 0 Å². The maximum absolute atomic E-state index is 5.86. The summed E-state index contributed by atoms with van der Waals surface area (Å²) in [5.74, 6) is 6.38. The van der Waals surface area contributed by atoms with Gasteiger partial charge in [0.1, 0.15) is 0 Å². The van der Waals surface area contributed by atoms with Crippen LogP contribution in [0.15, 0.2) is 60.7 Å². The first-order chi connectivity index (χ1) is 10.2. The molecule has 104 valence electrons. The van der Waals surface area contributed by atoms with Gasteiger partial charge in [0, 0.05) is 17.7 Å². The number of rotatable bonds is 2. The van der Waals surface area contributed by atoms with Crippen molar-refractivity contribution in [3.8, 4) is 22.9 Å². The molecular formula is C19H18OSi. The van der Waals surface area contributed by atoms with Gasteiger partial charge in [-0.3, -0.25) is 0 Å². The standard InChI is InChI=1S/C19H18OSi/c1-3-20-21(2,16-14-18-10-6-4-7-11-18)17-15-19-12-8-5-9-13-19/h4-13H,3H2,1-2H3. The first-order valence-corrected chi connectivity index (χ1v) is 9.43. The molecule has 0 aromatic heterocycles. The Hall–Kier alpha value is -2.26. The highest BCUT2D eigenvalue weighted by Gasteiger charge is 2.24. The molecule has 0 fully saturated rings. The van der Waals surface area contributed by atoms with Crippen LogP contribution in [0.2, 0.25) is 6.55 Å². The molecule has 0 aliphatic rings. The van der Waals surface area contributed by atoms with E-state index < -0.39 is 8.32 Å². The third-order valence-electron chi connectivity index (χ3n) is 2.87. The molecule has 1 nitrogen and oxygen atoms in total. The topological polar surface area (TPSA) is 9.23 Å². The second-order valence-corrected chi connectivity index (χ2v) is 7.55. The fraction of sp³-hybridized carbons (Fsp3) is 0.158. The SMILES string of the molecule is CCO[Si](C)(C#Cc1ccccc1)C#Cc1ccccc1. The molecular weight excluding hydrogens is 272 g/mol. The minimum atomic E-state index is -2.34. The summed E-state index contributed by atoms with van der Waals surface area (Å²) in [7, 11) is -2.34. The number of benzene rings is 2. The van der Waals surface area contributed by atoms with Gasteiger partial charge in [0.2, 0.25) is 0 Å². The quantitative estimate of drug-likeness (QED) is 0.604. The van der Waals surface area contributed by atoms with E-state index in [2.05, 4.69) is 22.9 Å². The van der Waals surface area contributed by atoms with Crippen LogP contribution < -0.4 is 0 Å². The Labute approximate surface area is 128 Å². The zero-order valence-corrected chi connectivity index (χ0v) is 13.4. The van der Waals surface area contributed by atoms with Crippen molar-refractivity contribution >= 4 is 8.32 Å². The van der Waals surface area contributed by atoms with E-state index in [1.807, 2.05) is 74.1 Å². The van der Waals surface area contributed by atoms with Gasteiger partial charge in [0.05, 0.1) is 0 Å². The first-order valence-electron chi connectivity index (χ1n) is 7.02. The van der Waals surface area contributed by atoms with Gasteiger partial charge in [0.25, 0.3) is 0 Å². The van der Waals surface area contributed by atoms with Crippen LogP contribution in [0, 0.1) is 22.9 Å². The van der Waals surface area contributed by atoms with Gasteiger partial charge < -0.3 is 4.43 Å². The average molecular weight is 290 g/mol. The molecule has 0 heterocycles. The molecule has 0 N–H and O–H groups in total. The molecule has 0 saturated carbocycles. The second-order valence-electron chi connectivity index (χ2n) is 4.70. The lowest BCUT2D eigenvalue weighted by Gasteiger charge is -2.12. The van der Waals surface area contributed by atoms with Gasteiger partial charge in [-0.15, -0.1) is 0 Å². The predicted octanol–water partition coefficient (Wildman–Crippen LogP) is 3.78. The lowest BCUT2D eigenvalue weighted by Crippen LogP contribution is -2.32. The van der Waals surface area contributed by atoms with E-state index in [-0.39, 0.29) is 0 Å². The molecule has 0 unspecified atom stereocenters. The Balaban J connectivity index is 2.25. The Morgan fingerprint density at radius 1 is 0.810 bits per heavy atom. The van der Waals surface area contributed by atoms with Crippen molar-refractivity contribution in [2.24, 2.45) is 0 Å². The molecule has 2 aromatic rings. The van der Waals surface area contributed by atoms with E-state index in [0.717, 1.165) is 11.1 Å². The van der Waals surface area contributed by atoms with Gasteiger partial charge in [-0.2, -0.15) is 0 Å². The van der Waals surface area contributed by atoms with Gasteiger partial charge in [-0.1, -0.05) is 59.3 Å². The molecule has 0 saturated heterocycles. The van der Waals surface area contributed by atoms with Crippen LogP contribution >= 0.6 is 0 Å².